The fraction of sp³-hybridized carbons (Fsp3) is 0.0667. The van der Waals surface area contributed by atoms with Crippen LogP contribution < -0.4 is 4.74 Å². The molecule has 3 aromatic rings. The molecule has 0 N–H and O–H groups in total. The Bertz CT molecular complexity index is 879. The van der Waals surface area contributed by atoms with Crippen molar-refractivity contribution in [2.75, 3.05) is 7.11 Å². The second-order valence-corrected chi connectivity index (χ2v) is 5.01. The van der Waals surface area contributed by atoms with Crippen LogP contribution in [0, 0.1) is 10.1 Å². The molecule has 7 nitrogen and oxygen atoms in total. The van der Waals surface area contributed by atoms with Crippen LogP contribution in [0.4, 0.5) is 5.69 Å². The molecule has 1 heterocycles. The summed E-state index contributed by atoms with van der Waals surface area (Å²) in [5.41, 5.74) is 0.690. The zero-order chi connectivity index (χ0) is 16.4. The summed E-state index contributed by atoms with van der Waals surface area (Å²) in [4.78, 5) is 14.8. The van der Waals surface area contributed by atoms with Crippen molar-refractivity contribution in [2.45, 2.75) is 0 Å². The second-order valence-electron chi connectivity index (χ2n) is 4.57. The highest BCUT2D eigenvalue weighted by atomic mass is 35.5. The van der Waals surface area contributed by atoms with Crippen LogP contribution >= 0.6 is 11.6 Å². The highest BCUT2D eigenvalue weighted by Gasteiger charge is 2.21. The van der Waals surface area contributed by atoms with E-state index in [0.717, 1.165) is 0 Å². The molecule has 0 saturated heterocycles. The molecule has 0 amide bonds. The molecule has 3 rings (SSSR count). The fourth-order valence-corrected chi connectivity index (χ4v) is 2.22. The first-order chi connectivity index (χ1) is 11.1. The maximum Gasteiger partial charge on any atom is 0.283 e. The van der Waals surface area contributed by atoms with E-state index in [2.05, 4.69) is 10.1 Å². The number of rotatable bonds is 4. The first-order valence-electron chi connectivity index (χ1n) is 6.51. The fourth-order valence-electron chi connectivity index (χ4n) is 2.05. The molecule has 0 aliphatic rings. The molecule has 0 aliphatic carbocycles. The first kappa shape index (κ1) is 15.0. The largest absolute Gasteiger partial charge is 0.497 e. The van der Waals surface area contributed by atoms with E-state index >= 15 is 0 Å². The third-order valence-electron chi connectivity index (χ3n) is 3.14. The highest BCUT2D eigenvalue weighted by molar-refractivity contribution is 6.30. The van der Waals surface area contributed by atoms with E-state index in [0.29, 0.717) is 17.1 Å². The van der Waals surface area contributed by atoms with Crippen LogP contribution in [0.15, 0.2) is 47.0 Å². The Morgan fingerprint density at radius 3 is 2.83 bits per heavy atom. The monoisotopic (exact) mass is 331 g/mol. The van der Waals surface area contributed by atoms with Gasteiger partial charge in [-0.15, -0.1) is 0 Å². The molecule has 0 radical (unpaired) electrons. The van der Waals surface area contributed by atoms with E-state index in [1.54, 1.807) is 31.4 Å². The minimum absolute atomic E-state index is 0.0474. The van der Waals surface area contributed by atoms with Crippen LogP contribution in [-0.4, -0.2) is 22.2 Å². The number of methoxy groups -OCH3 is 1. The number of nitrogens with zero attached hydrogens (tertiary/aromatic N) is 3. The van der Waals surface area contributed by atoms with Gasteiger partial charge in [0.2, 0.25) is 5.82 Å². The summed E-state index contributed by atoms with van der Waals surface area (Å²) in [7, 11) is 1.55. The quantitative estimate of drug-likeness (QED) is 0.530. The van der Waals surface area contributed by atoms with E-state index in [4.69, 9.17) is 20.9 Å². The van der Waals surface area contributed by atoms with Gasteiger partial charge in [0.05, 0.1) is 12.0 Å². The van der Waals surface area contributed by atoms with E-state index in [1.165, 1.54) is 18.2 Å². The van der Waals surface area contributed by atoms with Crippen LogP contribution in [0.3, 0.4) is 0 Å². The van der Waals surface area contributed by atoms with Crippen LogP contribution in [0.5, 0.6) is 5.75 Å². The van der Waals surface area contributed by atoms with Gasteiger partial charge in [-0.2, -0.15) is 4.98 Å². The molecular formula is C15H10ClN3O4. The lowest BCUT2D eigenvalue weighted by Crippen LogP contribution is -1.92. The van der Waals surface area contributed by atoms with E-state index in [1.807, 2.05) is 0 Å². The third-order valence-corrected chi connectivity index (χ3v) is 3.38. The van der Waals surface area contributed by atoms with Crippen LogP contribution in [0.25, 0.3) is 22.8 Å². The third kappa shape index (κ3) is 3.00. The molecule has 0 spiro atoms. The summed E-state index contributed by atoms with van der Waals surface area (Å²) in [6, 6.07) is 11.3. The highest BCUT2D eigenvalue weighted by Crippen LogP contribution is 2.32. The summed E-state index contributed by atoms with van der Waals surface area (Å²) in [6.45, 7) is 0. The molecule has 0 atom stereocenters. The number of benzene rings is 2. The minimum Gasteiger partial charge on any atom is -0.497 e. The lowest BCUT2D eigenvalue weighted by molar-refractivity contribution is -0.384. The Labute approximate surface area is 135 Å². The van der Waals surface area contributed by atoms with E-state index in [-0.39, 0.29) is 22.2 Å². The summed E-state index contributed by atoms with van der Waals surface area (Å²) in [6.07, 6.45) is 0. The van der Waals surface area contributed by atoms with E-state index in [9.17, 15) is 10.1 Å². The van der Waals surface area contributed by atoms with Crippen molar-refractivity contribution in [2.24, 2.45) is 0 Å². The maximum absolute atomic E-state index is 11.1. The zero-order valence-electron chi connectivity index (χ0n) is 11.9. The normalized spacial score (nSPS) is 10.5. The number of aromatic nitrogens is 2. The van der Waals surface area contributed by atoms with Crippen LogP contribution in [0.1, 0.15) is 0 Å². The van der Waals surface area contributed by atoms with Crippen molar-refractivity contribution >= 4 is 17.3 Å². The average Bonchev–Trinajstić information content (AvgIpc) is 3.04. The predicted molar refractivity (Wildman–Crippen MR) is 83.4 cm³/mol. The summed E-state index contributed by atoms with van der Waals surface area (Å²) >= 11 is 5.80. The van der Waals surface area contributed by atoms with Gasteiger partial charge in [-0.1, -0.05) is 28.9 Å². The number of nitro benzene ring substituents is 1. The first-order valence-corrected chi connectivity index (χ1v) is 6.88. The molecule has 8 heteroatoms. The molecule has 0 aliphatic heterocycles. The van der Waals surface area contributed by atoms with Gasteiger partial charge in [-0.05, 0) is 24.3 Å². The van der Waals surface area contributed by atoms with Gasteiger partial charge < -0.3 is 9.26 Å². The Balaban J connectivity index is 2.04. The predicted octanol–water partition coefficient (Wildman–Crippen LogP) is 3.97. The lowest BCUT2D eigenvalue weighted by Gasteiger charge is -2.00. The zero-order valence-corrected chi connectivity index (χ0v) is 12.6. The summed E-state index contributed by atoms with van der Waals surface area (Å²) in [5.74, 6) is 1.00. The van der Waals surface area contributed by atoms with Gasteiger partial charge in [0.25, 0.3) is 11.6 Å². The molecule has 0 unspecified atom stereocenters. The van der Waals surface area contributed by atoms with Crippen molar-refractivity contribution in [1.29, 1.82) is 0 Å². The molecule has 1 aromatic heterocycles. The van der Waals surface area contributed by atoms with Gasteiger partial charge in [-0.3, -0.25) is 10.1 Å². The Morgan fingerprint density at radius 1 is 1.26 bits per heavy atom. The topological polar surface area (TPSA) is 91.3 Å². The van der Waals surface area contributed by atoms with Gasteiger partial charge >= 0.3 is 0 Å². The standard InChI is InChI=1S/C15H10ClN3O4/c1-22-11-4-2-3-9(7-11)14-17-15(23-18-14)12-6-5-10(16)8-13(12)19(20)21/h2-8H,1H3. The van der Waals surface area contributed by atoms with Crippen LogP contribution in [0.2, 0.25) is 5.02 Å². The molecule has 23 heavy (non-hydrogen) atoms. The Morgan fingerprint density at radius 2 is 2.09 bits per heavy atom. The summed E-state index contributed by atoms with van der Waals surface area (Å²) < 4.78 is 10.3. The van der Waals surface area contributed by atoms with Crippen molar-refractivity contribution in [3.63, 3.8) is 0 Å². The number of hydrogen-bond acceptors (Lipinski definition) is 6. The number of hydrogen-bond donors (Lipinski definition) is 0. The molecule has 0 saturated carbocycles. The molecule has 0 fully saturated rings. The Kier molecular flexibility index (Phi) is 3.94. The maximum atomic E-state index is 11.1. The molecule has 116 valence electrons. The van der Waals surface area contributed by atoms with Crippen LogP contribution in [-0.2, 0) is 0 Å². The van der Waals surface area contributed by atoms with Crippen molar-refractivity contribution in [3.05, 3.63) is 57.6 Å². The van der Waals surface area contributed by atoms with Crippen molar-refractivity contribution < 1.29 is 14.2 Å². The summed E-state index contributed by atoms with van der Waals surface area (Å²) in [5, 5.41) is 15.3. The van der Waals surface area contributed by atoms with Gasteiger partial charge in [0.15, 0.2) is 0 Å². The molecule has 2 aromatic carbocycles. The average molecular weight is 332 g/mol. The number of halogens is 1. The Hall–Kier alpha value is -2.93. The van der Waals surface area contributed by atoms with Crippen molar-refractivity contribution in [3.8, 4) is 28.6 Å². The molecule has 0 bridgehead atoms. The number of nitro groups is 1. The van der Waals surface area contributed by atoms with Crippen molar-refractivity contribution in [1.82, 2.24) is 10.1 Å². The SMILES string of the molecule is COc1cccc(-c2noc(-c3ccc(Cl)cc3[N+](=O)[O-])n2)c1. The van der Waals surface area contributed by atoms with Gasteiger partial charge in [0.1, 0.15) is 11.3 Å². The van der Waals surface area contributed by atoms with E-state index < -0.39 is 4.92 Å². The number of ether oxygens (including phenoxy) is 1. The second kappa shape index (κ2) is 6.05. The minimum atomic E-state index is -0.545. The smallest absolute Gasteiger partial charge is 0.283 e. The van der Waals surface area contributed by atoms with Gasteiger partial charge in [0, 0.05) is 16.7 Å². The lowest BCUT2D eigenvalue weighted by atomic mass is 10.1. The van der Waals surface area contributed by atoms with Gasteiger partial charge in [-0.25, -0.2) is 0 Å². The molecular weight excluding hydrogens is 322 g/mol.